The highest BCUT2D eigenvalue weighted by Crippen LogP contribution is 2.23. The van der Waals surface area contributed by atoms with Gasteiger partial charge in [0, 0.05) is 5.02 Å². The van der Waals surface area contributed by atoms with Gasteiger partial charge >= 0.3 is 0 Å². The maximum atomic E-state index is 5.84. The minimum atomic E-state index is 0.795. The summed E-state index contributed by atoms with van der Waals surface area (Å²) in [5.41, 5.74) is 2.68. The molecule has 0 spiro atoms. The molecule has 0 amide bonds. The summed E-state index contributed by atoms with van der Waals surface area (Å²) in [5.74, 6) is 0. The molecule has 0 radical (unpaired) electrons. The molecule has 1 heterocycles. The molecule has 0 aromatic heterocycles. The van der Waals surface area contributed by atoms with E-state index in [2.05, 4.69) is 30.2 Å². The molecule has 0 N–H and O–H groups in total. The second-order valence-corrected chi connectivity index (χ2v) is 4.00. The first-order chi connectivity index (χ1) is 6.75. The molecule has 0 saturated carbocycles. The van der Waals surface area contributed by atoms with Crippen LogP contribution in [0, 0.1) is 7.05 Å². The lowest BCUT2D eigenvalue weighted by atomic mass is 10.00. The van der Waals surface area contributed by atoms with E-state index in [1.807, 2.05) is 12.1 Å². The molecule has 0 saturated heterocycles. The first-order valence-electron chi connectivity index (χ1n) is 4.76. The lowest BCUT2D eigenvalue weighted by molar-refractivity contribution is 0.408. The van der Waals surface area contributed by atoms with Crippen molar-refractivity contribution in [1.82, 2.24) is 4.90 Å². The first kappa shape index (κ1) is 9.75. The Hall–Kier alpha value is -0.790. The van der Waals surface area contributed by atoms with Gasteiger partial charge in [0.05, 0.1) is 0 Å². The maximum absolute atomic E-state index is 5.84. The van der Waals surface area contributed by atoms with Crippen LogP contribution in [0.15, 0.2) is 30.3 Å². The largest absolute Gasteiger partial charge is 0.456 e. The van der Waals surface area contributed by atoms with Crippen molar-refractivity contribution in [3.8, 4) is 0 Å². The Morgan fingerprint density at radius 3 is 2.50 bits per heavy atom. The smallest absolute Gasteiger partial charge is 0.0406 e. The fourth-order valence-corrected chi connectivity index (χ4v) is 1.76. The number of hydrogen-bond donors (Lipinski definition) is 0. The zero-order chi connectivity index (χ0) is 9.97. The van der Waals surface area contributed by atoms with Crippen molar-refractivity contribution in [2.45, 2.75) is 6.42 Å². The van der Waals surface area contributed by atoms with Crippen LogP contribution in [0.1, 0.15) is 12.0 Å². The van der Waals surface area contributed by atoms with Gasteiger partial charge in [-0.05, 0) is 42.8 Å². The monoisotopic (exact) mass is 206 g/mol. The van der Waals surface area contributed by atoms with Crippen molar-refractivity contribution >= 4 is 17.2 Å². The van der Waals surface area contributed by atoms with Crippen molar-refractivity contribution in [3.05, 3.63) is 48.0 Å². The van der Waals surface area contributed by atoms with Gasteiger partial charge in [0.2, 0.25) is 0 Å². The van der Waals surface area contributed by atoms with Gasteiger partial charge in [-0.1, -0.05) is 29.8 Å². The van der Waals surface area contributed by atoms with Crippen LogP contribution in [0.2, 0.25) is 5.02 Å². The van der Waals surface area contributed by atoms with Crippen LogP contribution >= 0.6 is 11.6 Å². The van der Waals surface area contributed by atoms with Crippen molar-refractivity contribution in [2.75, 3.05) is 13.1 Å². The van der Waals surface area contributed by atoms with Crippen molar-refractivity contribution in [2.24, 2.45) is 0 Å². The lowest BCUT2D eigenvalue weighted by Gasteiger charge is -2.28. The van der Waals surface area contributed by atoms with Gasteiger partial charge in [-0.25, -0.2) is 0 Å². The van der Waals surface area contributed by atoms with Crippen molar-refractivity contribution in [1.29, 1.82) is 0 Å². The summed E-state index contributed by atoms with van der Waals surface area (Å²) >= 11 is 5.84. The van der Waals surface area contributed by atoms with Crippen molar-refractivity contribution in [3.63, 3.8) is 0 Å². The summed E-state index contributed by atoms with van der Waals surface area (Å²) in [5, 5.41) is 0.795. The van der Waals surface area contributed by atoms with Gasteiger partial charge < -0.3 is 4.90 Å². The van der Waals surface area contributed by atoms with Gasteiger partial charge in [-0.15, -0.1) is 0 Å². The third-order valence-electron chi connectivity index (χ3n) is 2.51. The molecule has 2 heteroatoms. The molecule has 1 aromatic rings. The number of rotatable bonds is 1. The normalized spacial score (nSPS) is 18.0. The van der Waals surface area contributed by atoms with E-state index in [4.69, 9.17) is 11.6 Å². The molecular formula is C12H13ClN-. The van der Waals surface area contributed by atoms with Gasteiger partial charge in [0.15, 0.2) is 0 Å². The molecule has 1 aliphatic rings. The Labute approximate surface area is 90.0 Å². The summed E-state index contributed by atoms with van der Waals surface area (Å²) in [4.78, 5) is 2.07. The van der Waals surface area contributed by atoms with E-state index in [0.717, 1.165) is 24.5 Å². The molecule has 0 fully saturated rings. The second kappa shape index (κ2) is 4.16. The second-order valence-electron chi connectivity index (χ2n) is 3.56. The minimum absolute atomic E-state index is 0.795. The molecule has 2 rings (SSSR count). The fraction of sp³-hybridized carbons (Fsp3) is 0.250. The van der Waals surface area contributed by atoms with E-state index in [9.17, 15) is 0 Å². The molecule has 14 heavy (non-hydrogen) atoms. The molecule has 0 aliphatic carbocycles. The number of halogens is 1. The minimum Gasteiger partial charge on any atom is -0.456 e. The third-order valence-corrected chi connectivity index (χ3v) is 2.76. The lowest BCUT2D eigenvalue weighted by Crippen LogP contribution is -2.21. The highest BCUT2D eigenvalue weighted by atomic mass is 35.5. The molecule has 1 aliphatic heterocycles. The van der Waals surface area contributed by atoms with Gasteiger partial charge in [-0.2, -0.15) is 0 Å². The predicted octanol–water partition coefficient (Wildman–Crippen LogP) is 3.22. The Morgan fingerprint density at radius 2 is 1.93 bits per heavy atom. The molecule has 1 aromatic carbocycles. The number of hydrogen-bond acceptors (Lipinski definition) is 1. The summed E-state index contributed by atoms with van der Waals surface area (Å²) in [6.45, 7) is 1.98. The average Bonchev–Trinajstić information content (AvgIpc) is 2.21. The van der Waals surface area contributed by atoms with Crippen LogP contribution in [-0.2, 0) is 0 Å². The molecule has 0 unspecified atom stereocenters. The molecule has 74 valence electrons. The van der Waals surface area contributed by atoms with E-state index in [0.29, 0.717) is 0 Å². The highest BCUT2D eigenvalue weighted by molar-refractivity contribution is 6.30. The van der Waals surface area contributed by atoms with Crippen LogP contribution in [-0.4, -0.2) is 18.0 Å². The quantitative estimate of drug-likeness (QED) is 0.638. The van der Waals surface area contributed by atoms with Gasteiger partial charge in [0.25, 0.3) is 0 Å². The zero-order valence-electron chi connectivity index (χ0n) is 8.04. The third kappa shape index (κ3) is 2.17. The Kier molecular flexibility index (Phi) is 2.90. The maximum Gasteiger partial charge on any atom is 0.0406 e. The van der Waals surface area contributed by atoms with Crippen LogP contribution in [0.3, 0.4) is 0 Å². The van der Waals surface area contributed by atoms with E-state index in [1.54, 1.807) is 0 Å². The zero-order valence-corrected chi connectivity index (χ0v) is 8.80. The summed E-state index contributed by atoms with van der Waals surface area (Å²) in [7, 11) is 3.91. The molecule has 1 nitrogen and oxygen atoms in total. The summed E-state index contributed by atoms with van der Waals surface area (Å²) < 4.78 is 0. The van der Waals surface area contributed by atoms with Crippen LogP contribution in [0.5, 0.6) is 0 Å². The fourth-order valence-electron chi connectivity index (χ4n) is 1.64. The highest BCUT2D eigenvalue weighted by Gasteiger charge is 2.06. The molecule has 0 atom stereocenters. The summed E-state index contributed by atoms with van der Waals surface area (Å²) in [6.07, 6.45) is 3.31. The van der Waals surface area contributed by atoms with Gasteiger partial charge in [0.1, 0.15) is 0 Å². The predicted molar refractivity (Wildman–Crippen MR) is 61.0 cm³/mol. The van der Waals surface area contributed by atoms with E-state index < -0.39 is 0 Å². The molecule has 0 bridgehead atoms. The average molecular weight is 207 g/mol. The van der Waals surface area contributed by atoms with Gasteiger partial charge in [-0.3, -0.25) is 7.05 Å². The molecular weight excluding hydrogens is 194 g/mol. The van der Waals surface area contributed by atoms with Crippen molar-refractivity contribution < 1.29 is 0 Å². The number of nitrogens with zero attached hydrogens (tertiary/aromatic N) is 1. The van der Waals surface area contributed by atoms with E-state index in [1.165, 1.54) is 11.1 Å². The Morgan fingerprint density at radius 1 is 1.21 bits per heavy atom. The van der Waals surface area contributed by atoms with Crippen LogP contribution < -0.4 is 0 Å². The first-order valence-corrected chi connectivity index (χ1v) is 5.14. The van der Waals surface area contributed by atoms with E-state index in [-0.39, 0.29) is 0 Å². The van der Waals surface area contributed by atoms with Crippen LogP contribution in [0.25, 0.3) is 5.57 Å². The van der Waals surface area contributed by atoms with E-state index >= 15 is 0 Å². The Balaban J connectivity index is 2.19. The standard InChI is InChI=1S/C12H13ClN/c1-14-8-6-11(7-9-14)10-2-4-12(13)5-3-10/h2-6H,1,7-9H2/q-1. The van der Waals surface area contributed by atoms with Crippen LogP contribution in [0.4, 0.5) is 0 Å². The number of benzene rings is 1. The topological polar surface area (TPSA) is 3.24 Å². The Bertz CT molecular complexity index is 340. The SMILES string of the molecule is [CH2-]N1CC=C(c2ccc(Cl)cc2)CC1. The summed E-state index contributed by atoms with van der Waals surface area (Å²) in [6, 6.07) is 8.03.